The number of hydrogen-bond acceptors (Lipinski definition) is 4. The summed E-state index contributed by atoms with van der Waals surface area (Å²) >= 11 is 1.66. The van der Waals surface area contributed by atoms with E-state index in [1.807, 2.05) is 37.3 Å². The van der Waals surface area contributed by atoms with E-state index in [-0.39, 0.29) is 17.1 Å². The molecule has 1 amide bonds. The van der Waals surface area contributed by atoms with E-state index in [0.29, 0.717) is 18.5 Å². The number of benzene rings is 1. The minimum absolute atomic E-state index is 0.0472. The van der Waals surface area contributed by atoms with Gasteiger partial charge in [0.05, 0.1) is 5.37 Å². The normalized spacial score (nSPS) is 19.9. The topological polar surface area (TPSA) is 58.2 Å². The van der Waals surface area contributed by atoms with Gasteiger partial charge in [0, 0.05) is 29.1 Å². The third-order valence-electron chi connectivity index (χ3n) is 3.66. The van der Waals surface area contributed by atoms with Crippen LogP contribution < -0.4 is 10.6 Å². The molecule has 5 heteroatoms. The third-order valence-corrected chi connectivity index (χ3v) is 4.89. The standard InChI is InChI=1S/C17H18N2O2S/c1-11-2-4-12(5-3-11)17(21)18-9-8-16-19-14-7-6-13(20)10-15(14)22-16/h2-5,7,10,16,19H,6,8-9H2,1H3,(H,18,21). The second kappa shape index (κ2) is 6.40. The first kappa shape index (κ1) is 14.9. The highest BCUT2D eigenvalue weighted by Gasteiger charge is 2.26. The zero-order chi connectivity index (χ0) is 15.5. The van der Waals surface area contributed by atoms with Gasteiger partial charge in [-0.1, -0.05) is 35.5 Å². The van der Waals surface area contributed by atoms with Crippen LogP contribution >= 0.6 is 11.8 Å². The molecular formula is C17H18N2O2S. The van der Waals surface area contributed by atoms with Gasteiger partial charge in [-0.3, -0.25) is 9.59 Å². The molecule has 3 rings (SSSR count). The van der Waals surface area contributed by atoms with Gasteiger partial charge in [0.1, 0.15) is 0 Å². The summed E-state index contributed by atoms with van der Waals surface area (Å²) in [5, 5.41) is 6.53. The Labute approximate surface area is 134 Å². The summed E-state index contributed by atoms with van der Waals surface area (Å²) in [7, 11) is 0. The van der Waals surface area contributed by atoms with Crippen molar-refractivity contribution in [3.8, 4) is 0 Å². The highest BCUT2D eigenvalue weighted by Crippen LogP contribution is 2.37. The molecule has 1 heterocycles. The van der Waals surface area contributed by atoms with Crippen molar-refractivity contribution < 1.29 is 9.59 Å². The maximum Gasteiger partial charge on any atom is 0.251 e. The Hall–Kier alpha value is -2.01. The molecule has 1 aliphatic heterocycles. The van der Waals surface area contributed by atoms with E-state index < -0.39 is 0 Å². The molecule has 0 radical (unpaired) electrons. The smallest absolute Gasteiger partial charge is 0.251 e. The van der Waals surface area contributed by atoms with E-state index in [1.54, 1.807) is 17.8 Å². The largest absolute Gasteiger partial charge is 0.372 e. The Morgan fingerprint density at radius 3 is 2.91 bits per heavy atom. The van der Waals surface area contributed by atoms with Gasteiger partial charge in [0.2, 0.25) is 0 Å². The van der Waals surface area contributed by atoms with Gasteiger partial charge < -0.3 is 10.6 Å². The first-order chi connectivity index (χ1) is 10.6. The summed E-state index contributed by atoms with van der Waals surface area (Å²) in [6, 6.07) is 7.54. The minimum Gasteiger partial charge on any atom is -0.372 e. The fourth-order valence-corrected chi connectivity index (χ4v) is 3.62. The van der Waals surface area contributed by atoms with Crippen LogP contribution in [0.15, 0.2) is 47.0 Å². The molecule has 1 aromatic rings. The number of fused-ring (bicyclic) bond motifs is 1. The summed E-state index contributed by atoms with van der Waals surface area (Å²) in [5.41, 5.74) is 2.88. The number of aryl methyl sites for hydroxylation is 1. The predicted molar refractivity (Wildman–Crippen MR) is 88.4 cm³/mol. The number of hydrogen-bond donors (Lipinski definition) is 2. The van der Waals surface area contributed by atoms with Crippen LogP contribution in [0.5, 0.6) is 0 Å². The average molecular weight is 314 g/mol. The summed E-state index contributed by atoms with van der Waals surface area (Å²) < 4.78 is 0. The van der Waals surface area contributed by atoms with Crippen LogP contribution in [-0.2, 0) is 4.79 Å². The lowest BCUT2D eigenvalue weighted by Gasteiger charge is -2.11. The van der Waals surface area contributed by atoms with Crippen molar-refractivity contribution in [1.29, 1.82) is 0 Å². The molecule has 1 aliphatic carbocycles. The summed E-state index contributed by atoms with van der Waals surface area (Å²) in [4.78, 5) is 24.4. The van der Waals surface area contributed by atoms with Crippen LogP contribution in [0.1, 0.15) is 28.8 Å². The second-order valence-electron chi connectivity index (χ2n) is 5.46. The molecule has 0 bridgehead atoms. The van der Waals surface area contributed by atoms with Gasteiger partial charge in [-0.15, -0.1) is 0 Å². The van der Waals surface area contributed by atoms with Crippen LogP contribution in [0, 0.1) is 6.92 Å². The van der Waals surface area contributed by atoms with Gasteiger partial charge in [0.15, 0.2) is 5.78 Å². The van der Waals surface area contributed by atoms with Crippen molar-refractivity contribution in [2.45, 2.75) is 25.1 Å². The number of rotatable bonds is 4. The Morgan fingerprint density at radius 2 is 2.14 bits per heavy atom. The van der Waals surface area contributed by atoms with Crippen molar-refractivity contribution in [1.82, 2.24) is 10.6 Å². The SMILES string of the molecule is Cc1ccc(C(=O)NCCC2NC3=CCC(=O)C=C3S2)cc1. The van der Waals surface area contributed by atoms with Crippen molar-refractivity contribution in [3.05, 3.63) is 58.1 Å². The Morgan fingerprint density at radius 1 is 1.36 bits per heavy atom. The monoisotopic (exact) mass is 314 g/mol. The van der Waals surface area contributed by atoms with Gasteiger partial charge in [-0.2, -0.15) is 0 Å². The Balaban J connectivity index is 1.48. The van der Waals surface area contributed by atoms with Crippen LogP contribution in [0.4, 0.5) is 0 Å². The zero-order valence-corrected chi connectivity index (χ0v) is 13.2. The third kappa shape index (κ3) is 3.42. The molecule has 22 heavy (non-hydrogen) atoms. The van der Waals surface area contributed by atoms with E-state index in [4.69, 9.17) is 0 Å². The van der Waals surface area contributed by atoms with Crippen LogP contribution in [0.2, 0.25) is 0 Å². The fraction of sp³-hybridized carbons (Fsp3) is 0.294. The van der Waals surface area contributed by atoms with Crippen molar-refractivity contribution in [2.75, 3.05) is 6.54 Å². The second-order valence-corrected chi connectivity index (χ2v) is 6.70. The van der Waals surface area contributed by atoms with E-state index in [1.165, 1.54) is 0 Å². The number of ketones is 1. The Bertz CT molecular complexity index is 662. The minimum atomic E-state index is -0.0472. The molecule has 0 aromatic heterocycles. The molecule has 0 saturated carbocycles. The maximum atomic E-state index is 12.0. The molecule has 1 aromatic carbocycles. The molecular weight excluding hydrogens is 296 g/mol. The molecule has 1 atom stereocenters. The van der Waals surface area contributed by atoms with Crippen LogP contribution in [0.25, 0.3) is 0 Å². The van der Waals surface area contributed by atoms with E-state index in [0.717, 1.165) is 22.6 Å². The van der Waals surface area contributed by atoms with E-state index >= 15 is 0 Å². The molecule has 2 aliphatic rings. The molecule has 114 valence electrons. The summed E-state index contributed by atoms with van der Waals surface area (Å²) in [6.45, 7) is 2.60. The number of amides is 1. The van der Waals surface area contributed by atoms with E-state index in [9.17, 15) is 9.59 Å². The first-order valence-electron chi connectivity index (χ1n) is 7.35. The number of carbonyl (C=O) groups excluding carboxylic acids is 2. The summed E-state index contributed by atoms with van der Waals surface area (Å²) in [5.74, 6) is 0.107. The first-order valence-corrected chi connectivity index (χ1v) is 8.23. The van der Waals surface area contributed by atoms with Gasteiger partial charge in [-0.05, 0) is 31.6 Å². The van der Waals surface area contributed by atoms with Crippen LogP contribution in [0.3, 0.4) is 0 Å². The quantitative estimate of drug-likeness (QED) is 0.896. The Kier molecular flexibility index (Phi) is 4.34. The highest BCUT2D eigenvalue weighted by molar-refractivity contribution is 8.04. The number of allylic oxidation sites excluding steroid dienone is 2. The lowest BCUT2D eigenvalue weighted by Crippen LogP contribution is -2.29. The van der Waals surface area contributed by atoms with Gasteiger partial charge in [0.25, 0.3) is 5.91 Å². The molecule has 4 nitrogen and oxygen atoms in total. The van der Waals surface area contributed by atoms with Crippen LogP contribution in [-0.4, -0.2) is 23.6 Å². The van der Waals surface area contributed by atoms with Gasteiger partial charge >= 0.3 is 0 Å². The maximum absolute atomic E-state index is 12.0. The van der Waals surface area contributed by atoms with Crippen molar-refractivity contribution >= 4 is 23.5 Å². The molecule has 1 unspecified atom stereocenters. The highest BCUT2D eigenvalue weighted by atomic mass is 32.2. The zero-order valence-electron chi connectivity index (χ0n) is 12.4. The van der Waals surface area contributed by atoms with Crippen molar-refractivity contribution in [2.24, 2.45) is 0 Å². The lowest BCUT2D eigenvalue weighted by atomic mass is 10.1. The van der Waals surface area contributed by atoms with Crippen molar-refractivity contribution in [3.63, 3.8) is 0 Å². The number of thioether (sulfide) groups is 1. The number of carbonyl (C=O) groups is 2. The molecule has 1 fully saturated rings. The predicted octanol–water partition coefficient (Wildman–Crippen LogP) is 2.52. The molecule has 0 spiro atoms. The molecule has 2 N–H and O–H groups in total. The number of nitrogens with one attached hydrogen (secondary N) is 2. The van der Waals surface area contributed by atoms with E-state index in [2.05, 4.69) is 10.6 Å². The molecule has 1 saturated heterocycles. The van der Waals surface area contributed by atoms with Gasteiger partial charge in [-0.25, -0.2) is 0 Å². The average Bonchev–Trinajstić information content (AvgIpc) is 2.89. The lowest BCUT2D eigenvalue weighted by molar-refractivity contribution is -0.113. The summed E-state index contributed by atoms with van der Waals surface area (Å²) in [6.07, 6.45) is 4.93. The fourth-order valence-electron chi connectivity index (χ4n) is 2.42.